The minimum absolute atomic E-state index is 0.388. The van der Waals surface area contributed by atoms with Crippen LogP contribution in [0.15, 0.2) is 22.7 Å². The predicted molar refractivity (Wildman–Crippen MR) is 88.7 cm³/mol. The first-order chi connectivity index (χ1) is 10.2. The zero-order chi connectivity index (χ0) is 14.8. The van der Waals surface area contributed by atoms with E-state index >= 15 is 0 Å². The Bertz CT molecular complexity index is 528. The van der Waals surface area contributed by atoms with E-state index in [0.29, 0.717) is 17.6 Å². The number of rotatable bonds is 3. The third kappa shape index (κ3) is 3.09. The van der Waals surface area contributed by atoms with E-state index in [4.69, 9.17) is 5.73 Å². The third-order valence-electron chi connectivity index (χ3n) is 4.66. The van der Waals surface area contributed by atoms with E-state index in [2.05, 4.69) is 26.1 Å². The van der Waals surface area contributed by atoms with Gasteiger partial charge in [-0.25, -0.2) is 0 Å². The van der Waals surface area contributed by atoms with Crippen LogP contribution in [0.5, 0.6) is 0 Å². The van der Waals surface area contributed by atoms with Crippen LogP contribution in [-0.2, 0) is 0 Å². The molecule has 0 bridgehead atoms. The summed E-state index contributed by atoms with van der Waals surface area (Å²) >= 11 is 3.47. The minimum atomic E-state index is -0.388. The molecule has 2 unspecified atom stereocenters. The summed E-state index contributed by atoms with van der Waals surface area (Å²) in [6.45, 7) is 2.23. The highest BCUT2D eigenvalue weighted by atomic mass is 79.9. The molecule has 5 heteroatoms. The number of carbonyl (C=O) groups excluding carboxylic acids is 1. The van der Waals surface area contributed by atoms with Crippen molar-refractivity contribution in [2.45, 2.75) is 44.2 Å². The number of anilines is 1. The fraction of sp³-hybridized carbons (Fsp3) is 0.562. The molecule has 0 saturated carbocycles. The quantitative estimate of drug-likeness (QED) is 0.879. The Morgan fingerprint density at radius 3 is 2.81 bits per heavy atom. The Hall–Kier alpha value is -1.07. The van der Waals surface area contributed by atoms with Crippen LogP contribution in [0.25, 0.3) is 0 Å². The van der Waals surface area contributed by atoms with Crippen molar-refractivity contribution in [1.82, 2.24) is 5.32 Å². The van der Waals surface area contributed by atoms with Gasteiger partial charge in [-0.2, -0.15) is 0 Å². The van der Waals surface area contributed by atoms with Crippen LogP contribution >= 0.6 is 15.9 Å². The SMILES string of the molecule is NC(=O)c1ccc(N2CCCCC2C2CCCN2)cc1Br. The molecular formula is C16H22BrN3O. The normalized spacial score (nSPS) is 26.0. The maximum Gasteiger partial charge on any atom is 0.249 e. The van der Waals surface area contributed by atoms with Gasteiger partial charge in [0.05, 0.1) is 5.56 Å². The molecule has 2 saturated heterocycles. The molecule has 4 nitrogen and oxygen atoms in total. The Labute approximate surface area is 134 Å². The maximum absolute atomic E-state index is 11.4. The summed E-state index contributed by atoms with van der Waals surface area (Å²) in [6, 6.07) is 7.05. The number of piperidine rings is 1. The predicted octanol–water partition coefficient (Wildman–Crippen LogP) is 2.66. The number of hydrogen-bond acceptors (Lipinski definition) is 3. The summed E-state index contributed by atoms with van der Waals surface area (Å²) in [5, 5.41) is 3.64. The van der Waals surface area contributed by atoms with Gasteiger partial charge in [0.1, 0.15) is 0 Å². The summed E-state index contributed by atoms with van der Waals surface area (Å²) in [4.78, 5) is 13.9. The average molecular weight is 352 g/mol. The van der Waals surface area contributed by atoms with Gasteiger partial charge in [0.15, 0.2) is 0 Å². The van der Waals surface area contributed by atoms with Gasteiger partial charge in [0, 0.05) is 28.8 Å². The summed E-state index contributed by atoms with van der Waals surface area (Å²) in [5.41, 5.74) is 7.11. The number of nitrogens with two attached hydrogens (primary N) is 1. The highest BCUT2D eigenvalue weighted by Crippen LogP contribution is 2.31. The standard InChI is InChI=1S/C16H22BrN3O/c17-13-10-11(6-7-12(13)16(18)21)20-9-2-1-5-15(20)14-4-3-8-19-14/h6-7,10,14-15,19H,1-5,8-9H2,(H2,18,21). The fourth-order valence-corrected chi connectivity index (χ4v) is 4.18. The first-order valence-electron chi connectivity index (χ1n) is 7.76. The molecular weight excluding hydrogens is 330 g/mol. The largest absolute Gasteiger partial charge is 0.367 e. The molecule has 1 amide bonds. The lowest BCUT2D eigenvalue weighted by Gasteiger charge is -2.41. The van der Waals surface area contributed by atoms with Gasteiger partial charge < -0.3 is 16.0 Å². The van der Waals surface area contributed by atoms with Crippen molar-refractivity contribution in [3.05, 3.63) is 28.2 Å². The van der Waals surface area contributed by atoms with E-state index < -0.39 is 0 Å². The van der Waals surface area contributed by atoms with E-state index in [1.165, 1.54) is 37.8 Å². The van der Waals surface area contributed by atoms with Gasteiger partial charge >= 0.3 is 0 Å². The molecule has 2 heterocycles. The van der Waals surface area contributed by atoms with E-state index in [9.17, 15) is 4.79 Å². The molecule has 0 spiro atoms. The number of nitrogens with zero attached hydrogens (tertiary/aromatic N) is 1. The highest BCUT2D eigenvalue weighted by Gasteiger charge is 2.31. The van der Waals surface area contributed by atoms with Crippen LogP contribution in [0.4, 0.5) is 5.69 Å². The van der Waals surface area contributed by atoms with E-state index in [-0.39, 0.29) is 5.91 Å². The number of hydrogen-bond donors (Lipinski definition) is 2. The van der Waals surface area contributed by atoms with E-state index in [1.54, 1.807) is 0 Å². The molecule has 0 radical (unpaired) electrons. The van der Waals surface area contributed by atoms with Gasteiger partial charge in [-0.05, 0) is 72.8 Å². The topological polar surface area (TPSA) is 58.4 Å². The summed E-state index contributed by atoms with van der Waals surface area (Å²) < 4.78 is 0.788. The van der Waals surface area contributed by atoms with Crippen molar-refractivity contribution in [2.75, 3.05) is 18.0 Å². The number of carbonyl (C=O) groups is 1. The third-order valence-corrected chi connectivity index (χ3v) is 5.32. The van der Waals surface area contributed by atoms with Gasteiger partial charge in [-0.15, -0.1) is 0 Å². The van der Waals surface area contributed by atoms with Crippen LogP contribution in [-0.4, -0.2) is 31.1 Å². The molecule has 3 N–H and O–H groups in total. The average Bonchev–Trinajstić information content (AvgIpc) is 3.01. The van der Waals surface area contributed by atoms with Gasteiger partial charge in [0.2, 0.25) is 5.91 Å². The van der Waals surface area contributed by atoms with Crippen LogP contribution in [0.3, 0.4) is 0 Å². The first kappa shape index (κ1) is 14.9. The summed E-state index contributed by atoms with van der Waals surface area (Å²) in [6.07, 6.45) is 6.33. The summed E-state index contributed by atoms with van der Waals surface area (Å²) in [5.74, 6) is -0.388. The Morgan fingerprint density at radius 2 is 2.14 bits per heavy atom. The highest BCUT2D eigenvalue weighted by molar-refractivity contribution is 9.10. The zero-order valence-corrected chi connectivity index (χ0v) is 13.7. The zero-order valence-electron chi connectivity index (χ0n) is 12.1. The van der Waals surface area contributed by atoms with Gasteiger partial charge in [0.25, 0.3) is 0 Å². The Kier molecular flexibility index (Phi) is 4.50. The molecule has 3 rings (SSSR count). The second-order valence-electron chi connectivity index (χ2n) is 5.99. The molecule has 0 aromatic heterocycles. The van der Waals surface area contributed by atoms with Gasteiger partial charge in [-0.3, -0.25) is 4.79 Å². The van der Waals surface area contributed by atoms with Crippen molar-refractivity contribution in [3.8, 4) is 0 Å². The maximum atomic E-state index is 11.4. The molecule has 2 aliphatic rings. The van der Waals surface area contributed by atoms with Gasteiger partial charge in [-0.1, -0.05) is 0 Å². The second-order valence-corrected chi connectivity index (χ2v) is 6.84. The molecule has 1 aromatic carbocycles. The molecule has 1 aromatic rings. The fourth-order valence-electron chi connectivity index (χ4n) is 3.62. The minimum Gasteiger partial charge on any atom is -0.367 e. The Morgan fingerprint density at radius 1 is 1.29 bits per heavy atom. The van der Waals surface area contributed by atoms with Crippen molar-refractivity contribution in [2.24, 2.45) is 5.73 Å². The number of amides is 1. The number of benzene rings is 1. The summed E-state index contributed by atoms with van der Waals surface area (Å²) in [7, 11) is 0. The molecule has 0 aliphatic carbocycles. The lowest BCUT2D eigenvalue weighted by molar-refractivity contribution is 0.0999. The Balaban J connectivity index is 1.85. The first-order valence-corrected chi connectivity index (χ1v) is 8.55. The van der Waals surface area contributed by atoms with Crippen molar-refractivity contribution >= 4 is 27.5 Å². The van der Waals surface area contributed by atoms with Crippen LogP contribution in [0, 0.1) is 0 Å². The number of primary amides is 1. The molecule has 2 aliphatic heterocycles. The van der Waals surface area contributed by atoms with E-state index in [0.717, 1.165) is 17.6 Å². The van der Waals surface area contributed by atoms with Crippen molar-refractivity contribution in [3.63, 3.8) is 0 Å². The molecule has 2 atom stereocenters. The van der Waals surface area contributed by atoms with Crippen molar-refractivity contribution in [1.29, 1.82) is 0 Å². The van der Waals surface area contributed by atoms with Crippen LogP contribution < -0.4 is 16.0 Å². The number of nitrogens with one attached hydrogen (secondary N) is 1. The van der Waals surface area contributed by atoms with Crippen molar-refractivity contribution < 1.29 is 4.79 Å². The smallest absolute Gasteiger partial charge is 0.249 e. The van der Waals surface area contributed by atoms with E-state index in [1.807, 2.05) is 18.2 Å². The lowest BCUT2D eigenvalue weighted by Crippen LogP contribution is -2.50. The number of halogens is 1. The molecule has 114 valence electrons. The second kappa shape index (κ2) is 6.36. The monoisotopic (exact) mass is 351 g/mol. The lowest BCUT2D eigenvalue weighted by atomic mass is 9.93. The molecule has 21 heavy (non-hydrogen) atoms. The molecule has 2 fully saturated rings. The van der Waals surface area contributed by atoms with Crippen LogP contribution in [0.2, 0.25) is 0 Å². The van der Waals surface area contributed by atoms with Crippen LogP contribution in [0.1, 0.15) is 42.5 Å².